The average Bonchev–Trinajstić information content (AvgIpc) is 3.34. The number of aromatic nitrogens is 2. The Labute approximate surface area is 232 Å². The minimum atomic E-state index is -1.02. The van der Waals surface area contributed by atoms with Gasteiger partial charge in [0, 0.05) is 19.5 Å². The first-order valence-electron chi connectivity index (χ1n) is 13.0. The number of methoxy groups -OCH3 is 1. The van der Waals surface area contributed by atoms with E-state index in [1.807, 2.05) is 84.9 Å². The molecular formula is C31H31N3O6. The topological polar surface area (TPSA) is 112 Å². The smallest absolute Gasteiger partial charge is 0.351 e. The summed E-state index contributed by atoms with van der Waals surface area (Å²) in [6.45, 7) is 1.38. The maximum Gasteiger partial charge on any atom is 0.351 e. The van der Waals surface area contributed by atoms with Gasteiger partial charge >= 0.3 is 5.69 Å². The summed E-state index contributed by atoms with van der Waals surface area (Å²) in [5.74, 6) is 0.550. The van der Waals surface area contributed by atoms with Crippen LogP contribution in [-0.4, -0.2) is 46.5 Å². The molecule has 5 rings (SSSR count). The van der Waals surface area contributed by atoms with Crippen LogP contribution < -0.4 is 15.7 Å². The van der Waals surface area contributed by atoms with Crippen molar-refractivity contribution in [1.82, 2.24) is 9.55 Å². The molecule has 0 spiro atoms. The molecule has 0 unspecified atom stereocenters. The van der Waals surface area contributed by atoms with Crippen LogP contribution in [0.4, 0.5) is 5.82 Å². The van der Waals surface area contributed by atoms with Crippen LogP contribution in [0.2, 0.25) is 0 Å². The van der Waals surface area contributed by atoms with Crippen molar-refractivity contribution in [2.75, 3.05) is 19.0 Å². The van der Waals surface area contributed by atoms with Crippen LogP contribution in [0.15, 0.2) is 102 Å². The van der Waals surface area contributed by atoms with Crippen LogP contribution in [0.5, 0.6) is 5.75 Å². The van der Waals surface area contributed by atoms with E-state index in [9.17, 15) is 14.7 Å². The zero-order chi connectivity index (χ0) is 28.1. The number of rotatable bonds is 9. The number of aliphatic hydroxyl groups is 1. The van der Waals surface area contributed by atoms with Gasteiger partial charge in [-0.15, -0.1) is 0 Å². The molecule has 1 aliphatic heterocycles. The Morgan fingerprint density at radius 3 is 2.15 bits per heavy atom. The fourth-order valence-electron chi connectivity index (χ4n) is 5.05. The molecule has 1 aliphatic rings. The fourth-order valence-corrected chi connectivity index (χ4v) is 5.05. The Balaban J connectivity index is 1.46. The molecule has 0 saturated carbocycles. The molecule has 1 amide bonds. The van der Waals surface area contributed by atoms with Gasteiger partial charge in [0.25, 0.3) is 0 Å². The van der Waals surface area contributed by atoms with Gasteiger partial charge < -0.3 is 24.6 Å². The number of carbonyl (C=O) groups is 1. The van der Waals surface area contributed by atoms with Crippen molar-refractivity contribution in [2.45, 2.75) is 37.4 Å². The first-order chi connectivity index (χ1) is 19.4. The summed E-state index contributed by atoms with van der Waals surface area (Å²) in [7, 11) is 1.62. The maximum atomic E-state index is 12.6. The van der Waals surface area contributed by atoms with E-state index in [0.717, 1.165) is 22.4 Å². The first-order valence-corrected chi connectivity index (χ1v) is 13.0. The molecule has 0 radical (unpaired) electrons. The van der Waals surface area contributed by atoms with Gasteiger partial charge in [-0.1, -0.05) is 72.8 Å². The highest BCUT2D eigenvalue weighted by Gasteiger charge is 2.42. The van der Waals surface area contributed by atoms with Crippen LogP contribution >= 0.6 is 0 Å². The molecule has 40 heavy (non-hydrogen) atoms. The average molecular weight is 542 g/mol. The number of hydrogen-bond acceptors (Lipinski definition) is 7. The highest BCUT2D eigenvalue weighted by Crippen LogP contribution is 2.42. The predicted octanol–water partition coefficient (Wildman–Crippen LogP) is 3.87. The highest BCUT2D eigenvalue weighted by atomic mass is 16.6. The summed E-state index contributed by atoms with van der Waals surface area (Å²) >= 11 is 0. The lowest BCUT2D eigenvalue weighted by molar-refractivity contribution is -0.114. The van der Waals surface area contributed by atoms with E-state index >= 15 is 0 Å². The summed E-state index contributed by atoms with van der Waals surface area (Å²) < 4.78 is 19.7. The van der Waals surface area contributed by atoms with Crippen molar-refractivity contribution in [3.63, 3.8) is 0 Å². The van der Waals surface area contributed by atoms with Crippen molar-refractivity contribution < 1.29 is 24.1 Å². The summed E-state index contributed by atoms with van der Waals surface area (Å²) in [6, 6.07) is 29.0. The molecule has 9 nitrogen and oxygen atoms in total. The molecule has 2 N–H and O–H groups in total. The SMILES string of the molecule is COc1ccc(C(OC[C@H]2O[C@@H](n3ccc(NC(C)=O)nc3=O)C[C@@H]2O)(c2ccccc2)c2ccccc2)cc1. The molecule has 0 aliphatic carbocycles. The van der Waals surface area contributed by atoms with Crippen LogP contribution in [0.25, 0.3) is 0 Å². The zero-order valence-corrected chi connectivity index (χ0v) is 22.3. The lowest BCUT2D eigenvalue weighted by Gasteiger charge is -2.37. The summed E-state index contributed by atoms with van der Waals surface area (Å²) in [5.41, 5.74) is 1.08. The second-order valence-corrected chi connectivity index (χ2v) is 9.57. The number of ether oxygens (including phenoxy) is 3. The number of anilines is 1. The van der Waals surface area contributed by atoms with Crippen LogP contribution in [0, 0.1) is 0 Å². The van der Waals surface area contributed by atoms with E-state index < -0.39 is 29.7 Å². The predicted molar refractivity (Wildman–Crippen MR) is 149 cm³/mol. The van der Waals surface area contributed by atoms with Crippen LogP contribution in [0.1, 0.15) is 36.3 Å². The normalized spacial score (nSPS) is 18.8. The van der Waals surface area contributed by atoms with Gasteiger partial charge in [-0.2, -0.15) is 4.98 Å². The Hall–Kier alpha value is -4.31. The van der Waals surface area contributed by atoms with Crippen molar-refractivity contribution in [2.24, 2.45) is 0 Å². The van der Waals surface area contributed by atoms with Gasteiger partial charge in [-0.25, -0.2) is 4.79 Å². The van der Waals surface area contributed by atoms with Crippen molar-refractivity contribution >= 4 is 11.7 Å². The summed E-state index contributed by atoms with van der Waals surface area (Å²) in [6.07, 6.45) is -0.652. The molecule has 2 heterocycles. The Bertz CT molecular complexity index is 1450. The minimum Gasteiger partial charge on any atom is -0.497 e. The summed E-state index contributed by atoms with van der Waals surface area (Å²) in [4.78, 5) is 27.8. The van der Waals surface area contributed by atoms with E-state index in [-0.39, 0.29) is 24.8 Å². The third kappa shape index (κ3) is 5.53. The fraction of sp³-hybridized carbons (Fsp3) is 0.258. The number of aliphatic hydroxyl groups excluding tert-OH is 1. The largest absolute Gasteiger partial charge is 0.497 e. The molecule has 1 aromatic heterocycles. The van der Waals surface area contributed by atoms with Gasteiger partial charge in [0.2, 0.25) is 5.91 Å². The molecular weight excluding hydrogens is 510 g/mol. The van der Waals surface area contributed by atoms with E-state index in [1.165, 1.54) is 23.8 Å². The van der Waals surface area contributed by atoms with E-state index in [0.29, 0.717) is 0 Å². The number of carbonyl (C=O) groups excluding carboxylic acids is 1. The standard InChI is InChI=1S/C31H31N3O6/c1-21(35)32-28-17-18-34(30(37)33-28)29-19-26(36)27(40-29)20-39-31(22-9-5-3-6-10-22,23-11-7-4-8-12-23)24-13-15-25(38-2)16-14-24/h3-18,26-27,29,36H,19-20H2,1-2H3,(H,32,33,35,37)/t26-,27+,29+/m0/s1. The van der Waals surface area contributed by atoms with Crippen molar-refractivity contribution in [3.05, 3.63) is 124 Å². The van der Waals surface area contributed by atoms with Gasteiger partial charge in [-0.05, 0) is 34.9 Å². The Morgan fingerprint density at radius 2 is 1.60 bits per heavy atom. The maximum absolute atomic E-state index is 12.6. The first kappa shape index (κ1) is 27.3. The number of nitrogens with zero attached hydrogens (tertiary/aromatic N) is 2. The lowest BCUT2D eigenvalue weighted by atomic mass is 9.80. The number of hydrogen-bond donors (Lipinski definition) is 2. The molecule has 9 heteroatoms. The van der Waals surface area contributed by atoms with Gasteiger partial charge in [0.05, 0.1) is 19.8 Å². The Kier molecular flexibility index (Phi) is 8.06. The van der Waals surface area contributed by atoms with Gasteiger partial charge in [-0.3, -0.25) is 9.36 Å². The number of nitrogens with one attached hydrogen (secondary N) is 1. The van der Waals surface area contributed by atoms with E-state index in [2.05, 4.69) is 10.3 Å². The molecule has 3 aromatic carbocycles. The second-order valence-electron chi connectivity index (χ2n) is 9.57. The molecule has 206 valence electrons. The second kappa shape index (κ2) is 11.8. The molecule has 1 saturated heterocycles. The number of amides is 1. The third-order valence-electron chi connectivity index (χ3n) is 6.97. The molecule has 1 fully saturated rings. The molecule has 4 aromatic rings. The van der Waals surface area contributed by atoms with Gasteiger partial charge in [0.15, 0.2) is 0 Å². The lowest BCUT2D eigenvalue weighted by Crippen LogP contribution is -2.38. The van der Waals surface area contributed by atoms with Crippen LogP contribution in [-0.2, 0) is 19.9 Å². The van der Waals surface area contributed by atoms with Crippen LogP contribution in [0.3, 0.4) is 0 Å². The van der Waals surface area contributed by atoms with E-state index in [4.69, 9.17) is 14.2 Å². The van der Waals surface area contributed by atoms with Crippen molar-refractivity contribution in [1.29, 1.82) is 0 Å². The number of benzene rings is 3. The van der Waals surface area contributed by atoms with Gasteiger partial charge in [0.1, 0.15) is 29.5 Å². The summed E-state index contributed by atoms with van der Waals surface area (Å²) in [5, 5.41) is 13.4. The van der Waals surface area contributed by atoms with E-state index in [1.54, 1.807) is 7.11 Å². The zero-order valence-electron chi connectivity index (χ0n) is 22.3. The highest BCUT2D eigenvalue weighted by molar-refractivity contribution is 5.87. The minimum absolute atomic E-state index is 0.0413. The van der Waals surface area contributed by atoms with Crippen molar-refractivity contribution in [3.8, 4) is 5.75 Å². The monoisotopic (exact) mass is 541 g/mol. The molecule has 3 atom stereocenters. The third-order valence-corrected chi connectivity index (χ3v) is 6.97. The quantitative estimate of drug-likeness (QED) is 0.310. The molecule has 0 bridgehead atoms. The Morgan fingerprint density at radius 1 is 1.00 bits per heavy atom.